The summed E-state index contributed by atoms with van der Waals surface area (Å²) in [4.78, 5) is 0. The van der Waals surface area contributed by atoms with Crippen molar-refractivity contribution in [2.75, 3.05) is 0 Å². The first-order valence-electron chi connectivity index (χ1n) is 11.8. The Kier molecular flexibility index (Phi) is 3.39. The molecule has 0 atom stereocenters. The number of hydrogen-bond donors (Lipinski definition) is 0. The SMILES string of the molecule is Cc1ccc2ccc3cc(-c4ccc5c(c4)oc4ccc6ccccc6c45)cc4ccc1c2c34. The molecular weight excluding hydrogens is 412 g/mol. The average molecular weight is 433 g/mol. The van der Waals surface area contributed by atoms with E-state index in [1.54, 1.807) is 0 Å². The van der Waals surface area contributed by atoms with E-state index in [2.05, 4.69) is 110 Å². The third-order valence-corrected chi connectivity index (χ3v) is 7.51. The summed E-state index contributed by atoms with van der Waals surface area (Å²) >= 11 is 0. The second-order valence-electron chi connectivity index (χ2n) is 9.43. The molecule has 0 bridgehead atoms. The highest BCUT2D eigenvalue weighted by Gasteiger charge is 2.14. The van der Waals surface area contributed by atoms with Gasteiger partial charge in [-0.3, -0.25) is 0 Å². The standard InChI is InChI=1S/C33H20O/c1-19-6-7-21-8-9-23-16-25(17-24-11-13-26(19)32(21)31(23)24)22-10-14-28-30(18-22)34-29-15-12-20-4-2-3-5-27(20)33(28)29/h2-18H,1H3. The van der Waals surface area contributed by atoms with E-state index in [0.29, 0.717) is 0 Å². The summed E-state index contributed by atoms with van der Waals surface area (Å²) in [6.07, 6.45) is 0. The largest absolute Gasteiger partial charge is 0.456 e. The fourth-order valence-corrected chi connectivity index (χ4v) is 5.86. The van der Waals surface area contributed by atoms with E-state index in [9.17, 15) is 0 Å². The molecule has 158 valence electrons. The first kappa shape index (κ1) is 18.1. The summed E-state index contributed by atoms with van der Waals surface area (Å²) in [5.41, 5.74) is 5.60. The van der Waals surface area contributed by atoms with Gasteiger partial charge < -0.3 is 4.42 Å². The van der Waals surface area contributed by atoms with Gasteiger partial charge in [0.15, 0.2) is 0 Å². The van der Waals surface area contributed by atoms with Crippen LogP contribution < -0.4 is 0 Å². The molecular formula is C33H20O. The van der Waals surface area contributed by atoms with Gasteiger partial charge in [-0.15, -0.1) is 0 Å². The van der Waals surface area contributed by atoms with Crippen molar-refractivity contribution in [3.63, 3.8) is 0 Å². The van der Waals surface area contributed by atoms with Gasteiger partial charge in [0.25, 0.3) is 0 Å². The molecule has 0 unspecified atom stereocenters. The molecule has 34 heavy (non-hydrogen) atoms. The van der Waals surface area contributed by atoms with Crippen LogP contribution in [0, 0.1) is 6.92 Å². The van der Waals surface area contributed by atoms with Gasteiger partial charge in [0, 0.05) is 10.8 Å². The molecule has 0 aliphatic heterocycles. The second kappa shape index (κ2) is 6.36. The maximum absolute atomic E-state index is 6.33. The van der Waals surface area contributed by atoms with Gasteiger partial charge >= 0.3 is 0 Å². The molecule has 1 aromatic heterocycles. The fourth-order valence-electron chi connectivity index (χ4n) is 5.86. The molecule has 8 rings (SSSR count). The fraction of sp³-hybridized carbons (Fsp3) is 0.0303. The van der Waals surface area contributed by atoms with Gasteiger partial charge in [-0.05, 0) is 97.0 Å². The van der Waals surface area contributed by atoms with Crippen LogP contribution in [0.2, 0.25) is 0 Å². The molecule has 0 N–H and O–H groups in total. The Labute approximate surface area is 196 Å². The summed E-state index contributed by atoms with van der Waals surface area (Å²) < 4.78 is 6.33. The van der Waals surface area contributed by atoms with Crippen LogP contribution in [0.4, 0.5) is 0 Å². The first-order valence-corrected chi connectivity index (χ1v) is 11.8. The highest BCUT2D eigenvalue weighted by Crippen LogP contribution is 2.40. The van der Waals surface area contributed by atoms with E-state index in [1.807, 2.05) is 0 Å². The van der Waals surface area contributed by atoms with E-state index in [4.69, 9.17) is 4.42 Å². The summed E-state index contributed by atoms with van der Waals surface area (Å²) in [6.45, 7) is 2.20. The minimum atomic E-state index is 0.935. The Balaban J connectivity index is 1.39. The van der Waals surface area contributed by atoms with Gasteiger partial charge in [0.05, 0.1) is 0 Å². The topological polar surface area (TPSA) is 13.1 Å². The third kappa shape index (κ3) is 2.34. The van der Waals surface area contributed by atoms with Crippen molar-refractivity contribution in [1.29, 1.82) is 0 Å². The maximum atomic E-state index is 6.33. The van der Waals surface area contributed by atoms with E-state index >= 15 is 0 Å². The quantitative estimate of drug-likeness (QED) is 0.235. The lowest BCUT2D eigenvalue weighted by Gasteiger charge is -2.14. The molecule has 7 aromatic carbocycles. The molecule has 0 amide bonds. The van der Waals surface area contributed by atoms with Crippen molar-refractivity contribution in [1.82, 2.24) is 0 Å². The molecule has 0 spiro atoms. The normalized spacial score (nSPS) is 12.3. The molecule has 0 radical (unpaired) electrons. The Hall–Kier alpha value is -4.36. The van der Waals surface area contributed by atoms with Crippen LogP contribution in [0.1, 0.15) is 5.56 Å². The third-order valence-electron chi connectivity index (χ3n) is 7.51. The summed E-state index contributed by atoms with van der Waals surface area (Å²) in [5.74, 6) is 0. The van der Waals surface area contributed by atoms with Crippen LogP contribution in [0.3, 0.4) is 0 Å². The van der Waals surface area contributed by atoms with E-state index in [1.165, 1.54) is 70.6 Å². The lowest BCUT2D eigenvalue weighted by molar-refractivity contribution is 0.669. The monoisotopic (exact) mass is 432 g/mol. The predicted molar refractivity (Wildman–Crippen MR) is 145 cm³/mol. The molecule has 8 aromatic rings. The van der Waals surface area contributed by atoms with Gasteiger partial charge in [-0.2, -0.15) is 0 Å². The van der Waals surface area contributed by atoms with Crippen molar-refractivity contribution >= 4 is 65.0 Å². The Morgan fingerprint density at radius 2 is 1.18 bits per heavy atom. The summed E-state index contributed by atoms with van der Waals surface area (Å²) in [6, 6.07) is 37.6. The van der Waals surface area contributed by atoms with Gasteiger partial charge in [0.1, 0.15) is 11.2 Å². The molecule has 0 fully saturated rings. The van der Waals surface area contributed by atoms with Crippen LogP contribution in [0.25, 0.3) is 76.2 Å². The van der Waals surface area contributed by atoms with Crippen molar-refractivity contribution < 1.29 is 4.42 Å². The summed E-state index contributed by atoms with van der Waals surface area (Å²) in [5, 5.41) is 12.8. The van der Waals surface area contributed by atoms with Crippen molar-refractivity contribution in [2.24, 2.45) is 0 Å². The van der Waals surface area contributed by atoms with E-state index in [0.717, 1.165) is 11.2 Å². The number of furan rings is 1. The zero-order chi connectivity index (χ0) is 22.4. The lowest BCUT2D eigenvalue weighted by atomic mass is 9.90. The minimum Gasteiger partial charge on any atom is -0.456 e. The van der Waals surface area contributed by atoms with E-state index < -0.39 is 0 Å². The first-order chi connectivity index (χ1) is 16.7. The summed E-state index contributed by atoms with van der Waals surface area (Å²) in [7, 11) is 0. The molecule has 0 saturated carbocycles. The van der Waals surface area contributed by atoms with Crippen molar-refractivity contribution in [3.8, 4) is 11.1 Å². The Morgan fingerprint density at radius 1 is 0.441 bits per heavy atom. The van der Waals surface area contributed by atoms with Crippen LogP contribution >= 0.6 is 0 Å². The number of benzene rings is 7. The van der Waals surface area contributed by atoms with Crippen molar-refractivity contribution in [2.45, 2.75) is 6.92 Å². The highest BCUT2D eigenvalue weighted by atomic mass is 16.3. The van der Waals surface area contributed by atoms with Crippen LogP contribution in [-0.2, 0) is 0 Å². The van der Waals surface area contributed by atoms with Gasteiger partial charge in [0.2, 0.25) is 0 Å². The number of rotatable bonds is 1. The van der Waals surface area contributed by atoms with Crippen molar-refractivity contribution in [3.05, 3.63) is 109 Å². The van der Waals surface area contributed by atoms with E-state index in [-0.39, 0.29) is 0 Å². The average Bonchev–Trinajstić information content (AvgIpc) is 3.26. The maximum Gasteiger partial charge on any atom is 0.136 e. The molecule has 1 nitrogen and oxygen atoms in total. The Bertz CT molecular complexity index is 2050. The highest BCUT2D eigenvalue weighted by molar-refractivity contribution is 6.24. The zero-order valence-electron chi connectivity index (χ0n) is 18.7. The molecule has 0 aliphatic rings. The smallest absolute Gasteiger partial charge is 0.136 e. The number of hydrogen-bond acceptors (Lipinski definition) is 1. The minimum absolute atomic E-state index is 0.935. The van der Waals surface area contributed by atoms with Gasteiger partial charge in [-0.25, -0.2) is 0 Å². The molecule has 1 heteroatoms. The lowest BCUT2D eigenvalue weighted by Crippen LogP contribution is -1.87. The van der Waals surface area contributed by atoms with Crippen LogP contribution in [0.5, 0.6) is 0 Å². The predicted octanol–water partition coefficient (Wildman–Crippen LogP) is 9.61. The second-order valence-corrected chi connectivity index (χ2v) is 9.43. The number of fused-ring (bicyclic) bond motifs is 5. The van der Waals surface area contributed by atoms with Crippen LogP contribution in [0.15, 0.2) is 108 Å². The molecule has 0 aliphatic carbocycles. The number of aryl methyl sites for hydroxylation is 1. The molecule has 0 saturated heterocycles. The molecule has 1 heterocycles. The Morgan fingerprint density at radius 3 is 2.09 bits per heavy atom. The van der Waals surface area contributed by atoms with Crippen LogP contribution in [-0.4, -0.2) is 0 Å². The van der Waals surface area contributed by atoms with Gasteiger partial charge in [-0.1, -0.05) is 72.8 Å². The zero-order valence-corrected chi connectivity index (χ0v) is 18.7.